The average molecular weight is 499 g/mol. The van der Waals surface area contributed by atoms with Gasteiger partial charge in [0.2, 0.25) is 5.91 Å². The first kappa shape index (κ1) is 22.9. The van der Waals surface area contributed by atoms with E-state index in [-0.39, 0.29) is 35.8 Å². The number of anilines is 1. The number of nitrogens with zero attached hydrogens (tertiary/aromatic N) is 2. The summed E-state index contributed by atoms with van der Waals surface area (Å²) in [4.78, 5) is 19.3. The van der Waals surface area contributed by atoms with Gasteiger partial charge in [0.15, 0.2) is 5.96 Å². The van der Waals surface area contributed by atoms with Crippen LogP contribution in [0.5, 0.6) is 0 Å². The van der Waals surface area contributed by atoms with Gasteiger partial charge in [-0.2, -0.15) is 0 Å². The molecule has 1 fully saturated rings. The van der Waals surface area contributed by atoms with Crippen LogP contribution in [0.1, 0.15) is 44.6 Å². The second-order valence-corrected chi connectivity index (χ2v) is 7.73. The maximum atomic E-state index is 12.0. The number of likely N-dealkylation sites (tertiary alicyclic amines) is 1. The molecular weight excluding hydrogens is 465 g/mol. The quantitative estimate of drug-likeness (QED) is 0.320. The first-order valence-corrected chi connectivity index (χ1v) is 10.3. The van der Waals surface area contributed by atoms with Crippen LogP contribution in [0.25, 0.3) is 0 Å². The van der Waals surface area contributed by atoms with E-state index >= 15 is 0 Å². The van der Waals surface area contributed by atoms with Crippen molar-refractivity contribution in [2.24, 2.45) is 10.9 Å². The highest BCUT2D eigenvalue weighted by Crippen LogP contribution is 2.31. The van der Waals surface area contributed by atoms with Gasteiger partial charge in [0.25, 0.3) is 0 Å². The summed E-state index contributed by atoms with van der Waals surface area (Å²) < 4.78 is 0. The van der Waals surface area contributed by atoms with Crippen molar-refractivity contribution in [3.63, 3.8) is 0 Å². The molecule has 2 unspecified atom stereocenters. The Balaban J connectivity index is 0.00000280. The average Bonchev–Trinajstić information content (AvgIpc) is 2.66. The molecular formula is C21H34IN5O. The molecule has 28 heavy (non-hydrogen) atoms. The number of para-hydroxylation sites is 1. The Morgan fingerprint density at radius 2 is 2.14 bits per heavy atom. The zero-order valence-electron chi connectivity index (χ0n) is 17.0. The van der Waals surface area contributed by atoms with Crippen LogP contribution in [0.3, 0.4) is 0 Å². The number of piperidine rings is 1. The monoisotopic (exact) mass is 499 g/mol. The fraction of sp³-hybridized carbons (Fsp3) is 0.619. The molecule has 0 aromatic heterocycles. The van der Waals surface area contributed by atoms with Crippen LogP contribution >= 0.6 is 24.0 Å². The van der Waals surface area contributed by atoms with Crippen molar-refractivity contribution in [1.29, 1.82) is 0 Å². The van der Waals surface area contributed by atoms with Crippen molar-refractivity contribution in [3.8, 4) is 0 Å². The lowest BCUT2D eigenvalue weighted by Crippen LogP contribution is -2.44. The molecule has 3 rings (SSSR count). The van der Waals surface area contributed by atoms with Gasteiger partial charge in [-0.15, -0.1) is 24.0 Å². The molecule has 2 aliphatic heterocycles. The van der Waals surface area contributed by atoms with Crippen molar-refractivity contribution in [2.75, 3.05) is 44.6 Å². The highest BCUT2D eigenvalue weighted by molar-refractivity contribution is 14.0. The molecule has 0 radical (unpaired) electrons. The maximum absolute atomic E-state index is 12.0. The number of guanidine groups is 1. The van der Waals surface area contributed by atoms with Crippen LogP contribution in [0.4, 0.5) is 5.69 Å². The molecule has 3 N–H and O–H groups in total. The van der Waals surface area contributed by atoms with Crippen molar-refractivity contribution >= 4 is 41.5 Å². The summed E-state index contributed by atoms with van der Waals surface area (Å²) in [5.74, 6) is 1.85. The summed E-state index contributed by atoms with van der Waals surface area (Å²) in [7, 11) is 0. The van der Waals surface area contributed by atoms with Gasteiger partial charge >= 0.3 is 0 Å². The normalized spacial score (nSPS) is 22.6. The van der Waals surface area contributed by atoms with Crippen LogP contribution < -0.4 is 16.0 Å². The second-order valence-electron chi connectivity index (χ2n) is 7.73. The number of aliphatic imine (C=N–C) groups is 1. The predicted octanol–water partition coefficient (Wildman–Crippen LogP) is 3.02. The highest BCUT2D eigenvalue weighted by atomic mass is 127. The lowest BCUT2D eigenvalue weighted by molar-refractivity contribution is -0.116. The second kappa shape index (κ2) is 11.6. The number of fused-ring (bicyclic) bond motifs is 1. The van der Waals surface area contributed by atoms with Gasteiger partial charge in [0.1, 0.15) is 0 Å². The van der Waals surface area contributed by atoms with Crippen molar-refractivity contribution in [2.45, 2.75) is 39.0 Å². The Morgan fingerprint density at radius 1 is 1.32 bits per heavy atom. The fourth-order valence-corrected chi connectivity index (χ4v) is 4.03. The molecule has 0 saturated carbocycles. The number of rotatable bonds is 6. The molecule has 0 bridgehead atoms. The van der Waals surface area contributed by atoms with E-state index in [0.717, 1.165) is 37.2 Å². The van der Waals surface area contributed by atoms with E-state index in [1.165, 1.54) is 31.5 Å². The van der Waals surface area contributed by atoms with Gasteiger partial charge in [0, 0.05) is 44.2 Å². The predicted molar refractivity (Wildman–Crippen MR) is 127 cm³/mol. The topological polar surface area (TPSA) is 68.8 Å². The summed E-state index contributed by atoms with van der Waals surface area (Å²) in [6.45, 7) is 10.2. The van der Waals surface area contributed by atoms with Crippen LogP contribution in [0.2, 0.25) is 0 Å². The Morgan fingerprint density at radius 3 is 2.93 bits per heavy atom. The summed E-state index contributed by atoms with van der Waals surface area (Å²) in [5.41, 5.74) is 2.10. The number of nitrogens with one attached hydrogen (secondary N) is 3. The first-order valence-electron chi connectivity index (χ1n) is 10.3. The number of halogens is 1. The highest BCUT2D eigenvalue weighted by Gasteiger charge is 2.24. The minimum Gasteiger partial charge on any atom is -0.357 e. The molecule has 6 nitrogen and oxygen atoms in total. The number of hydrogen-bond donors (Lipinski definition) is 3. The van der Waals surface area contributed by atoms with Gasteiger partial charge in [-0.25, -0.2) is 0 Å². The van der Waals surface area contributed by atoms with E-state index in [2.05, 4.69) is 40.8 Å². The minimum absolute atomic E-state index is 0. The molecule has 1 aromatic rings. The van der Waals surface area contributed by atoms with Crippen molar-refractivity contribution in [1.82, 2.24) is 15.5 Å². The van der Waals surface area contributed by atoms with Gasteiger partial charge in [-0.05, 0) is 43.9 Å². The zero-order valence-corrected chi connectivity index (χ0v) is 19.4. The number of amides is 1. The minimum atomic E-state index is 0. The molecule has 7 heteroatoms. The number of carbonyl (C=O) groups excluding carboxylic acids is 1. The maximum Gasteiger partial charge on any atom is 0.225 e. The Labute approximate surface area is 186 Å². The van der Waals surface area contributed by atoms with E-state index in [0.29, 0.717) is 13.0 Å². The van der Waals surface area contributed by atoms with E-state index in [1.807, 2.05) is 18.2 Å². The van der Waals surface area contributed by atoms with Gasteiger partial charge in [-0.3, -0.25) is 9.79 Å². The molecule has 1 amide bonds. The first-order chi connectivity index (χ1) is 13.2. The number of hydrogen-bond acceptors (Lipinski definition) is 3. The standard InChI is InChI=1S/C21H33N5O.HI/c1-3-22-21(23-10-12-26-11-6-7-16(2)15-26)24-14-17-13-20(27)25-19-9-5-4-8-18(17)19;/h4-5,8-9,16-17H,3,6-7,10-15H2,1-2H3,(H,25,27)(H2,22,23,24);1H. The van der Waals surface area contributed by atoms with Crippen molar-refractivity contribution < 1.29 is 4.79 Å². The molecule has 1 aromatic carbocycles. The fourth-order valence-electron chi connectivity index (χ4n) is 4.03. The van der Waals surface area contributed by atoms with Crippen LogP contribution in [-0.4, -0.2) is 56.0 Å². The molecule has 2 aliphatic rings. The molecule has 0 aliphatic carbocycles. The SMILES string of the molecule is CCNC(=NCC1CC(=O)Nc2ccccc21)NCCN1CCCC(C)C1.I. The van der Waals surface area contributed by atoms with E-state index in [1.54, 1.807) is 0 Å². The summed E-state index contributed by atoms with van der Waals surface area (Å²) in [5, 5.41) is 9.73. The van der Waals surface area contributed by atoms with E-state index in [4.69, 9.17) is 4.99 Å². The van der Waals surface area contributed by atoms with Gasteiger partial charge in [-0.1, -0.05) is 25.1 Å². The summed E-state index contributed by atoms with van der Waals surface area (Å²) in [6.07, 6.45) is 3.15. The Hall–Kier alpha value is -1.35. The number of carbonyl (C=O) groups is 1. The van der Waals surface area contributed by atoms with Gasteiger partial charge in [0.05, 0.1) is 6.54 Å². The zero-order chi connectivity index (χ0) is 19.1. The third-order valence-electron chi connectivity index (χ3n) is 5.38. The van der Waals surface area contributed by atoms with Crippen molar-refractivity contribution in [3.05, 3.63) is 29.8 Å². The third kappa shape index (κ3) is 6.62. The molecule has 0 spiro atoms. The molecule has 2 atom stereocenters. The molecule has 1 saturated heterocycles. The Kier molecular flexibility index (Phi) is 9.50. The molecule has 2 heterocycles. The smallest absolute Gasteiger partial charge is 0.225 e. The number of benzene rings is 1. The lowest BCUT2D eigenvalue weighted by Gasteiger charge is -2.31. The van der Waals surface area contributed by atoms with Crippen LogP contribution in [0.15, 0.2) is 29.3 Å². The van der Waals surface area contributed by atoms with E-state index in [9.17, 15) is 4.79 Å². The lowest BCUT2D eigenvalue weighted by atomic mass is 9.91. The summed E-state index contributed by atoms with van der Waals surface area (Å²) in [6, 6.07) is 8.03. The third-order valence-corrected chi connectivity index (χ3v) is 5.38. The Bertz CT molecular complexity index is 666. The molecule has 156 valence electrons. The largest absolute Gasteiger partial charge is 0.357 e. The van der Waals surface area contributed by atoms with Crippen LogP contribution in [0, 0.1) is 5.92 Å². The van der Waals surface area contributed by atoms with Gasteiger partial charge < -0.3 is 20.9 Å². The van der Waals surface area contributed by atoms with Crippen LogP contribution in [-0.2, 0) is 4.79 Å². The summed E-state index contributed by atoms with van der Waals surface area (Å²) >= 11 is 0. The van der Waals surface area contributed by atoms with E-state index < -0.39 is 0 Å².